The van der Waals surface area contributed by atoms with Crippen LogP contribution in [0.4, 0.5) is 11.5 Å². The number of aromatic nitrogens is 1. The molecule has 1 aliphatic heterocycles. The van der Waals surface area contributed by atoms with E-state index < -0.39 is 0 Å². The second kappa shape index (κ2) is 11.9. The van der Waals surface area contributed by atoms with Gasteiger partial charge in [-0.3, -0.25) is 15.0 Å². The molecular weight excluding hydrogens is 436 g/mol. The first-order chi connectivity index (χ1) is 17.1. The highest BCUT2D eigenvalue weighted by Gasteiger charge is 2.38. The van der Waals surface area contributed by atoms with Gasteiger partial charge in [0.2, 0.25) is 0 Å². The van der Waals surface area contributed by atoms with Crippen molar-refractivity contribution in [2.75, 3.05) is 37.2 Å². The number of amides is 1. The summed E-state index contributed by atoms with van der Waals surface area (Å²) in [6.07, 6.45) is 4.92. The summed E-state index contributed by atoms with van der Waals surface area (Å²) in [6.45, 7) is 6.96. The third-order valence-corrected chi connectivity index (χ3v) is 6.64. The van der Waals surface area contributed by atoms with E-state index in [-0.39, 0.29) is 11.6 Å². The molecule has 1 fully saturated rings. The van der Waals surface area contributed by atoms with Crippen molar-refractivity contribution in [1.82, 2.24) is 20.5 Å². The molecule has 5 N–H and O–H groups in total. The molecule has 1 saturated heterocycles. The van der Waals surface area contributed by atoms with Gasteiger partial charge in [-0.15, -0.1) is 0 Å². The molecule has 184 valence electrons. The molecule has 2 heterocycles. The highest BCUT2D eigenvalue weighted by atomic mass is 16.1. The van der Waals surface area contributed by atoms with Gasteiger partial charge in [-0.1, -0.05) is 62.2 Å². The van der Waals surface area contributed by atoms with Crippen LogP contribution in [0.3, 0.4) is 0 Å². The monoisotopic (exact) mass is 472 g/mol. The Balaban J connectivity index is 1.50. The fourth-order valence-corrected chi connectivity index (χ4v) is 4.73. The number of hydrogen-bond acceptors (Lipinski definition) is 6. The van der Waals surface area contributed by atoms with Gasteiger partial charge in [0.05, 0.1) is 5.66 Å². The van der Waals surface area contributed by atoms with Crippen LogP contribution in [0.15, 0.2) is 72.9 Å². The molecule has 7 nitrogen and oxygen atoms in total. The fraction of sp³-hybridized carbons (Fsp3) is 0.357. The second-order valence-electron chi connectivity index (χ2n) is 9.04. The first-order valence-corrected chi connectivity index (χ1v) is 12.5. The molecule has 4 rings (SSSR count). The van der Waals surface area contributed by atoms with Crippen molar-refractivity contribution in [3.8, 4) is 0 Å². The average molecular weight is 473 g/mol. The van der Waals surface area contributed by atoms with Gasteiger partial charge in [0, 0.05) is 56.2 Å². The minimum absolute atomic E-state index is 0.169. The number of pyridine rings is 1. The molecule has 0 bridgehead atoms. The quantitative estimate of drug-likeness (QED) is 0.357. The molecule has 7 heteroatoms. The Morgan fingerprint density at radius 3 is 2.51 bits per heavy atom. The van der Waals surface area contributed by atoms with Crippen molar-refractivity contribution in [1.29, 1.82) is 0 Å². The SMILES string of the molecule is CCCCC(NCc1ccc(C(=O)Nc2ccnc(N)c2)cc1)(c1ccccc1)N1CCNCC1. The second-order valence-corrected chi connectivity index (χ2v) is 9.04. The van der Waals surface area contributed by atoms with Gasteiger partial charge in [-0.2, -0.15) is 0 Å². The van der Waals surface area contributed by atoms with Gasteiger partial charge in [0.15, 0.2) is 0 Å². The van der Waals surface area contributed by atoms with Crippen LogP contribution < -0.4 is 21.7 Å². The zero-order valence-electron chi connectivity index (χ0n) is 20.5. The topological polar surface area (TPSA) is 95.3 Å². The summed E-state index contributed by atoms with van der Waals surface area (Å²) in [6, 6.07) is 22.0. The maximum atomic E-state index is 12.7. The summed E-state index contributed by atoms with van der Waals surface area (Å²) in [5, 5.41) is 10.3. The molecule has 1 amide bonds. The van der Waals surface area contributed by atoms with Gasteiger partial charge < -0.3 is 16.4 Å². The van der Waals surface area contributed by atoms with Crippen molar-refractivity contribution in [3.63, 3.8) is 0 Å². The van der Waals surface area contributed by atoms with E-state index in [1.807, 2.05) is 24.3 Å². The maximum Gasteiger partial charge on any atom is 0.255 e. The van der Waals surface area contributed by atoms with E-state index in [0.717, 1.165) is 51.0 Å². The molecule has 1 atom stereocenters. The summed E-state index contributed by atoms with van der Waals surface area (Å²) in [5.74, 6) is 0.205. The van der Waals surface area contributed by atoms with Gasteiger partial charge in [0.25, 0.3) is 5.91 Å². The van der Waals surface area contributed by atoms with E-state index in [4.69, 9.17) is 5.73 Å². The first-order valence-electron chi connectivity index (χ1n) is 12.5. The Labute approximate surface area is 208 Å². The highest BCUT2D eigenvalue weighted by molar-refractivity contribution is 6.04. The number of nitrogen functional groups attached to an aromatic ring is 1. The van der Waals surface area contributed by atoms with Crippen LogP contribution in [-0.2, 0) is 12.2 Å². The van der Waals surface area contributed by atoms with Crippen molar-refractivity contribution in [3.05, 3.63) is 89.6 Å². The van der Waals surface area contributed by atoms with Crippen molar-refractivity contribution in [2.24, 2.45) is 0 Å². The minimum atomic E-state index is -0.226. The summed E-state index contributed by atoms with van der Waals surface area (Å²) in [4.78, 5) is 19.2. The maximum absolute atomic E-state index is 12.7. The number of carbonyl (C=O) groups is 1. The molecule has 35 heavy (non-hydrogen) atoms. The number of nitrogens with two attached hydrogens (primary N) is 1. The van der Waals surface area contributed by atoms with Gasteiger partial charge in [0.1, 0.15) is 5.82 Å². The molecule has 1 unspecified atom stereocenters. The number of hydrogen-bond donors (Lipinski definition) is 4. The fourth-order valence-electron chi connectivity index (χ4n) is 4.73. The normalized spacial score (nSPS) is 15.9. The molecule has 1 aliphatic rings. The molecule has 0 radical (unpaired) electrons. The number of anilines is 2. The summed E-state index contributed by atoms with van der Waals surface area (Å²) in [7, 11) is 0. The van der Waals surface area contributed by atoms with E-state index in [2.05, 4.69) is 63.1 Å². The van der Waals surface area contributed by atoms with E-state index in [1.54, 1.807) is 18.3 Å². The Morgan fingerprint density at radius 2 is 1.83 bits per heavy atom. The minimum Gasteiger partial charge on any atom is -0.384 e. The number of carbonyl (C=O) groups excluding carboxylic acids is 1. The lowest BCUT2D eigenvalue weighted by Gasteiger charge is -2.47. The highest BCUT2D eigenvalue weighted by Crippen LogP contribution is 2.32. The number of nitrogens with zero attached hydrogens (tertiary/aromatic N) is 2. The van der Waals surface area contributed by atoms with Crippen LogP contribution in [-0.4, -0.2) is 42.0 Å². The molecule has 0 aliphatic carbocycles. The number of benzene rings is 2. The van der Waals surface area contributed by atoms with Crippen LogP contribution in [0.2, 0.25) is 0 Å². The largest absolute Gasteiger partial charge is 0.384 e. The van der Waals surface area contributed by atoms with E-state index in [9.17, 15) is 4.79 Å². The Bertz CT molecular complexity index is 1080. The molecule has 3 aromatic rings. The lowest BCUT2D eigenvalue weighted by atomic mass is 9.90. The van der Waals surface area contributed by atoms with Gasteiger partial charge in [-0.25, -0.2) is 4.98 Å². The first kappa shape index (κ1) is 24.9. The van der Waals surface area contributed by atoms with Gasteiger partial charge in [-0.05, 0) is 35.7 Å². The predicted octanol–water partition coefficient (Wildman–Crippen LogP) is 3.95. The molecular formula is C28H36N6O. The van der Waals surface area contributed by atoms with Crippen molar-refractivity contribution >= 4 is 17.4 Å². The van der Waals surface area contributed by atoms with Crippen LogP contribution >= 0.6 is 0 Å². The number of piperazine rings is 1. The number of nitrogens with one attached hydrogen (secondary N) is 3. The van der Waals surface area contributed by atoms with Crippen LogP contribution in [0, 0.1) is 0 Å². The standard InChI is InChI=1S/C28H36N6O/c1-2-3-14-28(24-7-5-4-6-8-24,34-18-16-30-17-19-34)32-21-22-9-11-23(12-10-22)27(35)33-25-13-15-31-26(29)20-25/h4-13,15,20,30,32H,2-3,14,16-19,21H2,1H3,(H3,29,31,33,35). The van der Waals surface area contributed by atoms with Crippen LogP contribution in [0.1, 0.15) is 47.7 Å². The third kappa shape index (κ3) is 6.25. The summed E-state index contributed by atoms with van der Waals surface area (Å²) < 4.78 is 0. The zero-order valence-corrected chi connectivity index (χ0v) is 20.5. The van der Waals surface area contributed by atoms with Crippen LogP contribution in [0.25, 0.3) is 0 Å². The number of rotatable bonds is 10. The lowest BCUT2D eigenvalue weighted by molar-refractivity contribution is 0.0270. The molecule has 0 spiro atoms. The Hall–Kier alpha value is -3.26. The van der Waals surface area contributed by atoms with Crippen molar-refractivity contribution in [2.45, 2.75) is 38.4 Å². The predicted molar refractivity (Wildman–Crippen MR) is 142 cm³/mol. The van der Waals surface area contributed by atoms with E-state index in [1.165, 1.54) is 5.56 Å². The van der Waals surface area contributed by atoms with Crippen molar-refractivity contribution < 1.29 is 4.79 Å². The molecule has 0 saturated carbocycles. The average Bonchev–Trinajstić information content (AvgIpc) is 2.90. The Morgan fingerprint density at radius 1 is 1.09 bits per heavy atom. The summed E-state index contributed by atoms with van der Waals surface area (Å²) >= 11 is 0. The molecule has 1 aromatic heterocycles. The summed E-state index contributed by atoms with van der Waals surface area (Å²) in [5.41, 5.74) is 9.17. The lowest BCUT2D eigenvalue weighted by Crippen LogP contribution is -2.61. The number of unbranched alkanes of at least 4 members (excludes halogenated alkanes) is 1. The smallest absolute Gasteiger partial charge is 0.255 e. The Kier molecular flexibility index (Phi) is 8.47. The van der Waals surface area contributed by atoms with Crippen LogP contribution in [0.5, 0.6) is 0 Å². The van der Waals surface area contributed by atoms with E-state index >= 15 is 0 Å². The van der Waals surface area contributed by atoms with E-state index in [0.29, 0.717) is 23.6 Å². The third-order valence-electron chi connectivity index (χ3n) is 6.64. The zero-order chi connectivity index (χ0) is 24.5. The van der Waals surface area contributed by atoms with Gasteiger partial charge >= 0.3 is 0 Å². The molecule has 2 aromatic carbocycles.